The Labute approximate surface area is 187 Å². The predicted molar refractivity (Wildman–Crippen MR) is 119 cm³/mol. The first-order valence-electron chi connectivity index (χ1n) is 10.5. The van der Waals surface area contributed by atoms with Gasteiger partial charge in [0.15, 0.2) is 0 Å². The Bertz CT molecular complexity index is 954. The van der Waals surface area contributed by atoms with Gasteiger partial charge >= 0.3 is 12.1 Å². The minimum atomic E-state index is -0.583. The summed E-state index contributed by atoms with van der Waals surface area (Å²) in [6, 6.07) is 14.3. The van der Waals surface area contributed by atoms with E-state index in [-0.39, 0.29) is 17.9 Å². The average Bonchev–Trinajstić information content (AvgIpc) is 2.79. The number of carbonyl (C=O) groups is 2. The molecule has 168 valence electrons. The summed E-state index contributed by atoms with van der Waals surface area (Å²) >= 11 is 0. The van der Waals surface area contributed by atoms with Gasteiger partial charge in [0, 0.05) is 19.0 Å². The lowest BCUT2D eigenvalue weighted by molar-refractivity contribution is 0.0204. The fourth-order valence-electron chi connectivity index (χ4n) is 3.18. The van der Waals surface area contributed by atoms with E-state index >= 15 is 0 Å². The number of amides is 1. The zero-order chi connectivity index (χ0) is 22.6. The van der Waals surface area contributed by atoms with E-state index < -0.39 is 18.2 Å². The molecule has 2 aromatic rings. The molecule has 1 atom stereocenters. The number of cyclic esters (lactones) is 1. The molecule has 7 heteroatoms. The van der Waals surface area contributed by atoms with Crippen LogP contribution in [-0.2, 0) is 27.2 Å². The molecule has 0 radical (unpaired) electrons. The first-order chi connectivity index (χ1) is 15.6. The highest BCUT2D eigenvalue weighted by Gasteiger charge is 2.21. The van der Waals surface area contributed by atoms with Gasteiger partial charge in [-0.15, -0.1) is 0 Å². The number of alkyl carbamates (subject to hydrolysis) is 1. The second-order valence-corrected chi connectivity index (χ2v) is 7.22. The third kappa shape index (κ3) is 7.28. The number of hydrogen-bond donors (Lipinski definition) is 2. The fourth-order valence-corrected chi connectivity index (χ4v) is 3.18. The lowest BCUT2D eigenvalue weighted by Gasteiger charge is -2.18. The molecule has 0 saturated heterocycles. The van der Waals surface area contributed by atoms with Gasteiger partial charge in [-0.1, -0.05) is 60.7 Å². The van der Waals surface area contributed by atoms with E-state index in [0.717, 1.165) is 5.56 Å². The van der Waals surface area contributed by atoms with Crippen molar-refractivity contribution in [2.45, 2.75) is 32.0 Å². The summed E-state index contributed by atoms with van der Waals surface area (Å²) in [5, 5.41) is 12.7. The number of esters is 1. The van der Waals surface area contributed by atoms with Crippen LogP contribution in [0.3, 0.4) is 0 Å². The fraction of sp³-hybridized carbons (Fsp3) is 0.280. The summed E-state index contributed by atoms with van der Waals surface area (Å²) in [5.74, 6) is -0.688. The van der Waals surface area contributed by atoms with E-state index in [9.17, 15) is 14.7 Å². The van der Waals surface area contributed by atoms with Crippen molar-refractivity contribution < 1.29 is 28.9 Å². The number of hydrogen-bond acceptors (Lipinski definition) is 6. The first kappa shape index (κ1) is 23.1. The Morgan fingerprint density at radius 2 is 2.00 bits per heavy atom. The maximum Gasteiger partial charge on any atom is 0.411 e. The van der Waals surface area contributed by atoms with Crippen LogP contribution in [0.1, 0.15) is 34.3 Å². The number of allylic oxidation sites excluding steroid dienone is 1. The Morgan fingerprint density at radius 3 is 2.84 bits per heavy atom. The molecule has 0 spiro atoms. The van der Waals surface area contributed by atoms with Crippen molar-refractivity contribution in [3.63, 3.8) is 0 Å². The highest BCUT2D eigenvalue weighted by molar-refractivity contribution is 5.94. The number of carbonyl (C=O) groups excluding carboxylic acids is 2. The number of phenols is 1. The maximum atomic E-state index is 12.8. The molecule has 0 fully saturated rings. The van der Waals surface area contributed by atoms with Gasteiger partial charge in [0.05, 0.1) is 13.2 Å². The van der Waals surface area contributed by atoms with Crippen LogP contribution in [0, 0.1) is 0 Å². The van der Waals surface area contributed by atoms with Gasteiger partial charge in [-0.25, -0.2) is 9.59 Å². The normalized spacial score (nSPS) is 18.0. The molecule has 2 N–H and O–H groups in total. The Hall–Kier alpha value is -3.58. The van der Waals surface area contributed by atoms with Crippen molar-refractivity contribution in [1.82, 2.24) is 5.32 Å². The molecule has 3 rings (SSSR count). The Kier molecular flexibility index (Phi) is 8.89. The van der Waals surface area contributed by atoms with Crippen molar-refractivity contribution in [1.29, 1.82) is 0 Å². The predicted octanol–water partition coefficient (Wildman–Crippen LogP) is 4.27. The van der Waals surface area contributed by atoms with Crippen molar-refractivity contribution in [2.75, 3.05) is 13.2 Å². The summed E-state index contributed by atoms with van der Waals surface area (Å²) in [6.07, 6.45) is 7.23. The Balaban J connectivity index is 1.55. The largest absolute Gasteiger partial charge is 0.507 e. The van der Waals surface area contributed by atoms with Gasteiger partial charge in [-0.3, -0.25) is 5.32 Å². The average molecular weight is 437 g/mol. The van der Waals surface area contributed by atoms with Gasteiger partial charge in [-0.05, 0) is 23.6 Å². The van der Waals surface area contributed by atoms with E-state index in [0.29, 0.717) is 38.0 Å². The highest BCUT2D eigenvalue weighted by atomic mass is 16.6. The van der Waals surface area contributed by atoms with Crippen molar-refractivity contribution in [3.8, 4) is 5.75 Å². The van der Waals surface area contributed by atoms with Gasteiger partial charge in [0.25, 0.3) is 0 Å². The zero-order valence-electron chi connectivity index (χ0n) is 17.7. The van der Waals surface area contributed by atoms with Crippen LogP contribution in [0.5, 0.6) is 5.75 Å². The third-order valence-electron chi connectivity index (χ3n) is 4.84. The standard InChI is InChI=1S/C25H27NO6/c27-22-13-6-11-20-10-4-5-16-30-17-14-21(32-24(28)23(20)22)12-7-15-26-25(29)31-18-19-8-2-1-3-9-19/h1-9,11,13,15,21,27H,10,12,14,16-18H2,(H,26,29)/b5-4-,15-7+/t21-/m0/s1. The van der Waals surface area contributed by atoms with Gasteiger partial charge in [0.2, 0.25) is 0 Å². The second kappa shape index (κ2) is 12.3. The summed E-state index contributed by atoms with van der Waals surface area (Å²) < 4.78 is 16.3. The highest BCUT2D eigenvalue weighted by Crippen LogP contribution is 2.24. The summed E-state index contributed by atoms with van der Waals surface area (Å²) in [7, 11) is 0. The number of rotatable bonds is 5. The van der Waals surface area contributed by atoms with Crippen LogP contribution in [0.25, 0.3) is 0 Å². The molecule has 0 aromatic heterocycles. The van der Waals surface area contributed by atoms with Crippen LogP contribution in [0.2, 0.25) is 0 Å². The molecule has 0 saturated carbocycles. The molecule has 2 aromatic carbocycles. The topological polar surface area (TPSA) is 94.1 Å². The SMILES string of the molecule is O=C(N/C=C/C[C@H]1CCOC/C=C\Cc2cccc(O)c2C(=O)O1)OCc1ccccc1. The molecule has 1 heterocycles. The van der Waals surface area contributed by atoms with Crippen molar-refractivity contribution in [3.05, 3.63) is 89.6 Å². The summed E-state index contributed by atoms with van der Waals surface area (Å²) in [5.41, 5.74) is 1.75. The van der Waals surface area contributed by atoms with Crippen LogP contribution < -0.4 is 5.32 Å². The van der Waals surface area contributed by atoms with Crippen molar-refractivity contribution in [2.24, 2.45) is 0 Å². The third-order valence-corrected chi connectivity index (χ3v) is 4.84. The lowest BCUT2D eigenvalue weighted by atomic mass is 10.0. The summed E-state index contributed by atoms with van der Waals surface area (Å²) in [6.45, 7) is 1.05. The minimum absolute atomic E-state index is 0.105. The van der Waals surface area contributed by atoms with Gasteiger partial charge in [-0.2, -0.15) is 0 Å². The monoisotopic (exact) mass is 437 g/mol. The number of benzene rings is 2. The number of fused-ring (bicyclic) bond motifs is 1. The lowest BCUT2D eigenvalue weighted by Crippen LogP contribution is -2.22. The quantitative estimate of drug-likeness (QED) is 0.536. The Morgan fingerprint density at radius 1 is 1.16 bits per heavy atom. The molecule has 0 unspecified atom stereocenters. The van der Waals surface area contributed by atoms with E-state index in [4.69, 9.17) is 14.2 Å². The zero-order valence-corrected chi connectivity index (χ0v) is 17.7. The molecule has 1 aliphatic heterocycles. The van der Waals surface area contributed by atoms with Crippen LogP contribution in [0.4, 0.5) is 4.79 Å². The van der Waals surface area contributed by atoms with Gasteiger partial charge in [0.1, 0.15) is 24.0 Å². The first-order valence-corrected chi connectivity index (χ1v) is 10.5. The molecule has 7 nitrogen and oxygen atoms in total. The molecule has 0 aliphatic carbocycles. The van der Waals surface area contributed by atoms with Crippen molar-refractivity contribution >= 4 is 12.1 Å². The molecule has 1 aliphatic rings. The molecule has 1 amide bonds. The van der Waals surface area contributed by atoms with Gasteiger partial charge < -0.3 is 19.3 Å². The molecular weight excluding hydrogens is 410 g/mol. The van der Waals surface area contributed by atoms with E-state index in [1.807, 2.05) is 42.5 Å². The second-order valence-electron chi connectivity index (χ2n) is 7.22. The van der Waals surface area contributed by atoms with E-state index in [1.165, 1.54) is 12.3 Å². The number of aromatic hydroxyl groups is 1. The molecule has 32 heavy (non-hydrogen) atoms. The van der Waals surface area contributed by atoms with E-state index in [2.05, 4.69) is 5.32 Å². The van der Waals surface area contributed by atoms with Crippen LogP contribution in [0.15, 0.2) is 73.0 Å². The van der Waals surface area contributed by atoms with Crippen LogP contribution >= 0.6 is 0 Å². The van der Waals surface area contributed by atoms with Crippen LogP contribution in [-0.4, -0.2) is 36.5 Å². The summed E-state index contributed by atoms with van der Waals surface area (Å²) in [4.78, 5) is 24.6. The maximum absolute atomic E-state index is 12.8. The van der Waals surface area contributed by atoms with E-state index in [1.54, 1.807) is 18.2 Å². The minimum Gasteiger partial charge on any atom is -0.507 e. The molecule has 0 bridgehead atoms. The smallest absolute Gasteiger partial charge is 0.411 e. The number of ether oxygens (including phenoxy) is 3. The molecular formula is C25H27NO6. The number of nitrogens with one attached hydrogen (secondary N) is 1. The number of phenolic OH excluding ortho intramolecular Hbond substituents is 1.